The van der Waals surface area contributed by atoms with Gasteiger partial charge in [0, 0.05) is 43.0 Å². The first kappa shape index (κ1) is 29.1. The summed E-state index contributed by atoms with van der Waals surface area (Å²) in [6, 6.07) is 14.9. The lowest BCUT2D eigenvalue weighted by molar-refractivity contribution is -0.139. The number of likely N-dealkylation sites (tertiary alicyclic amines) is 1. The van der Waals surface area contributed by atoms with Gasteiger partial charge in [-0.05, 0) is 86.0 Å². The summed E-state index contributed by atoms with van der Waals surface area (Å²) in [5, 5.41) is 26.0. The molecule has 1 saturated heterocycles. The van der Waals surface area contributed by atoms with Gasteiger partial charge in [-0.1, -0.05) is 36.4 Å². The molecule has 6 N–H and O–H groups in total. The monoisotopic (exact) mass is 584 g/mol. The summed E-state index contributed by atoms with van der Waals surface area (Å²) in [6.07, 6.45) is 3.86. The second-order valence-electron chi connectivity index (χ2n) is 12.9. The number of amides is 2. The molecule has 2 aromatic carbocycles. The van der Waals surface area contributed by atoms with E-state index >= 15 is 0 Å². The molecule has 2 heterocycles. The molecular formula is C34H40N4O5. The van der Waals surface area contributed by atoms with Crippen LogP contribution < -0.4 is 16.6 Å². The van der Waals surface area contributed by atoms with Crippen molar-refractivity contribution in [3.8, 4) is 5.75 Å². The van der Waals surface area contributed by atoms with Gasteiger partial charge >= 0.3 is 0 Å². The summed E-state index contributed by atoms with van der Waals surface area (Å²) in [6.45, 7) is 5.78. The van der Waals surface area contributed by atoms with Crippen LogP contribution in [0.1, 0.15) is 64.5 Å². The first-order valence-electron chi connectivity index (χ1n) is 15.2. The minimum Gasteiger partial charge on any atom is -0.508 e. The predicted molar refractivity (Wildman–Crippen MR) is 163 cm³/mol. The summed E-state index contributed by atoms with van der Waals surface area (Å²) in [5.74, 6) is -0.601. The number of pyridine rings is 1. The molecule has 1 aliphatic heterocycles. The molecule has 4 unspecified atom stereocenters. The molecule has 226 valence electrons. The number of aromatic amines is 1. The number of H-pyrrole nitrogens is 1. The topological polar surface area (TPSA) is 149 Å². The first-order chi connectivity index (χ1) is 20.5. The minimum atomic E-state index is -1.24. The number of carbonyl (C=O) groups excluding carboxylic acids is 2. The number of nitrogens with one attached hydrogen (secondary N) is 2. The average Bonchev–Trinajstić information content (AvgIpc) is 3.80. The second kappa shape index (κ2) is 11.0. The molecule has 6 rings (SSSR count). The van der Waals surface area contributed by atoms with Crippen LogP contribution in [0.25, 0.3) is 0 Å². The highest BCUT2D eigenvalue weighted by Gasteiger charge is 2.61. The Morgan fingerprint density at radius 1 is 1.14 bits per heavy atom. The van der Waals surface area contributed by atoms with Crippen LogP contribution in [-0.4, -0.2) is 62.7 Å². The maximum atomic E-state index is 13.4. The minimum absolute atomic E-state index is 0.124. The molecule has 3 aromatic rings. The summed E-state index contributed by atoms with van der Waals surface area (Å²) < 4.78 is 0. The Morgan fingerprint density at radius 2 is 1.88 bits per heavy atom. The molecule has 2 fully saturated rings. The fourth-order valence-electron chi connectivity index (χ4n) is 7.47. The van der Waals surface area contributed by atoms with Crippen LogP contribution in [0.4, 0.5) is 0 Å². The maximum absolute atomic E-state index is 13.4. The zero-order valence-corrected chi connectivity index (χ0v) is 24.7. The fourth-order valence-corrected chi connectivity index (χ4v) is 7.47. The van der Waals surface area contributed by atoms with Crippen molar-refractivity contribution >= 4 is 11.8 Å². The van der Waals surface area contributed by atoms with E-state index in [9.17, 15) is 24.6 Å². The van der Waals surface area contributed by atoms with Gasteiger partial charge in [-0.3, -0.25) is 19.3 Å². The zero-order valence-electron chi connectivity index (χ0n) is 24.7. The number of nitrogens with two attached hydrogens (primary N) is 1. The molecule has 9 nitrogen and oxygen atoms in total. The van der Waals surface area contributed by atoms with Gasteiger partial charge in [0.05, 0.1) is 5.60 Å². The fraction of sp³-hybridized carbons (Fsp3) is 0.441. The van der Waals surface area contributed by atoms with Gasteiger partial charge in [0.15, 0.2) is 0 Å². The summed E-state index contributed by atoms with van der Waals surface area (Å²) in [4.78, 5) is 44.3. The van der Waals surface area contributed by atoms with Crippen molar-refractivity contribution in [2.75, 3.05) is 13.1 Å². The smallest absolute Gasteiger partial charge is 0.261 e. The molecule has 3 aliphatic rings. The van der Waals surface area contributed by atoms with Crippen molar-refractivity contribution in [2.45, 2.75) is 75.5 Å². The number of aromatic nitrogens is 1. The number of aliphatic hydroxyl groups is 1. The highest BCUT2D eigenvalue weighted by Crippen LogP contribution is 2.54. The number of rotatable bonds is 8. The molecule has 0 radical (unpaired) electrons. The third kappa shape index (κ3) is 5.25. The van der Waals surface area contributed by atoms with Crippen LogP contribution in [0, 0.1) is 12.8 Å². The maximum Gasteiger partial charge on any atom is 0.261 e. The lowest BCUT2D eigenvalue weighted by Crippen LogP contribution is -2.71. The van der Waals surface area contributed by atoms with E-state index in [1.807, 2.05) is 43.3 Å². The van der Waals surface area contributed by atoms with Crippen LogP contribution in [0.2, 0.25) is 0 Å². The van der Waals surface area contributed by atoms with Gasteiger partial charge in [-0.2, -0.15) is 0 Å². The standard InChI is InChI=1S/C34H40N4O5/c1-20-8-11-25(39)16-27(20)33-12-13-38(19-23-9-10-23)21(2)34(33,43)17-24-15-26(32(42)37-29(24)18-33)31(41)36-28(30(35)40)14-22-6-4-3-5-7-22/h3-8,11,15-16,21,23,28,39,43H,9-10,12-14,17-19H2,1-2H3,(H2,35,40)(H,36,41)(H,37,42). The quantitative estimate of drug-likeness (QED) is 0.275. The highest BCUT2D eigenvalue weighted by atomic mass is 16.3. The van der Waals surface area contributed by atoms with Crippen LogP contribution in [0.3, 0.4) is 0 Å². The number of aromatic hydroxyl groups is 1. The molecule has 1 aromatic heterocycles. The van der Waals surface area contributed by atoms with Crippen LogP contribution in [0.15, 0.2) is 59.4 Å². The lowest BCUT2D eigenvalue weighted by atomic mass is 9.53. The Morgan fingerprint density at radius 3 is 2.58 bits per heavy atom. The lowest BCUT2D eigenvalue weighted by Gasteiger charge is -2.60. The number of carbonyl (C=O) groups is 2. The SMILES string of the molecule is Cc1ccc(O)cc1C12CCN(CC3CC3)C(C)C1(O)Cc1cc(C(=O)NC(Cc3ccccc3)C(N)=O)c(=O)[nH]c1C2. The van der Waals surface area contributed by atoms with Crippen molar-refractivity contribution in [3.05, 3.63) is 98.5 Å². The third-order valence-corrected chi connectivity index (χ3v) is 10.1. The molecular weight excluding hydrogens is 544 g/mol. The number of hydrogen-bond donors (Lipinski definition) is 5. The van der Waals surface area contributed by atoms with Gasteiger partial charge in [-0.15, -0.1) is 0 Å². The summed E-state index contributed by atoms with van der Waals surface area (Å²) in [5.41, 5.74) is 6.99. The van der Waals surface area contributed by atoms with Crippen molar-refractivity contribution < 1.29 is 19.8 Å². The number of phenolic OH excluding ortho intramolecular Hbond substituents is 1. The Kier molecular flexibility index (Phi) is 7.42. The number of piperidine rings is 1. The van der Waals surface area contributed by atoms with E-state index in [4.69, 9.17) is 5.73 Å². The van der Waals surface area contributed by atoms with Crippen LogP contribution >= 0.6 is 0 Å². The number of primary amides is 1. The molecule has 9 heteroatoms. The Balaban J connectivity index is 1.37. The largest absolute Gasteiger partial charge is 0.508 e. The summed E-state index contributed by atoms with van der Waals surface area (Å²) in [7, 11) is 0. The Hall–Kier alpha value is -3.95. The molecule has 2 amide bonds. The number of aryl methyl sites for hydroxylation is 1. The number of nitrogens with zero attached hydrogens (tertiary/aromatic N) is 1. The molecule has 1 saturated carbocycles. The predicted octanol–water partition coefficient (Wildman–Crippen LogP) is 2.49. The van der Waals surface area contributed by atoms with E-state index in [2.05, 4.69) is 22.1 Å². The third-order valence-electron chi connectivity index (χ3n) is 10.1. The zero-order chi connectivity index (χ0) is 30.5. The molecule has 4 atom stereocenters. The van der Waals surface area contributed by atoms with E-state index < -0.39 is 34.4 Å². The van der Waals surface area contributed by atoms with Gasteiger partial charge in [-0.25, -0.2) is 0 Å². The summed E-state index contributed by atoms with van der Waals surface area (Å²) >= 11 is 0. The van der Waals surface area contributed by atoms with Crippen molar-refractivity contribution in [3.63, 3.8) is 0 Å². The van der Waals surface area contributed by atoms with Gasteiger partial charge < -0.3 is 26.2 Å². The first-order valence-corrected chi connectivity index (χ1v) is 15.2. The van der Waals surface area contributed by atoms with E-state index in [0.717, 1.165) is 29.8 Å². The van der Waals surface area contributed by atoms with E-state index in [0.29, 0.717) is 30.0 Å². The van der Waals surface area contributed by atoms with Crippen molar-refractivity contribution in [2.24, 2.45) is 11.7 Å². The average molecular weight is 585 g/mol. The molecule has 0 spiro atoms. The van der Waals surface area contributed by atoms with Crippen molar-refractivity contribution in [1.82, 2.24) is 15.2 Å². The van der Waals surface area contributed by atoms with Crippen LogP contribution in [0.5, 0.6) is 5.75 Å². The Bertz CT molecular complexity index is 1620. The van der Waals surface area contributed by atoms with E-state index in [1.165, 1.54) is 12.8 Å². The molecule has 0 bridgehead atoms. The van der Waals surface area contributed by atoms with Gasteiger partial charge in [0.2, 0.25) is 5.91 Å². The van der Waals surface area contributed by atoms with Gasteiger partial charge in [0.1, 0.15) is 17.4 Å². The molecule has 43 heavy (non-hydrogen) atoms. The van der Waals surface area contributed by atoms with Crippen LogP contribution in [-0.2, 0) is 29.5 Å². The second-order valence-corrected chi connectivity index (χ2v) is 12.9. The van der Waals surface area contributed by atoms with E-state index in [-0.39, 0.29) is 30.2 Å². The number of fused-ring (bicyclic) bond motifs is 2. The number of phenols is 1. The van der Waals surface area contributed by atoms with Crippen molar-refractivity contribution in [1.29, 1.82) is 0 Å². The highest BCUT2D eigenvalue weighted by molar-refractivity contribution is 5.97. The number of hydrogen-bond acceptors (Lipinski definition) is 6. The Labute approximate surface area is 251 Å². The normalized spacial score (nSPS) is 25.8. The van der Waals surface area contributed by atoms with Gasteiger partial charge in [0.25, 0.3) is 11.5 Å². The molecule has 2 aliphatic carbocycles. The van der Waals surface area contributed by atoms with E-state index in [1.54, 1.807) is 18.2 Å². The number of benzene rings is 2.